The van der Waals surface area contributed by atoms with Gasteiger partial charge in [0.1, 0.15) is 11.5 Å². The van der Waals surface area contributed by atoms with Gasteiger partial charge in [-0.1, -0.05) is 11.2 Å². The number of aromatic nitrogens is 2. The Labute approximate surface area is 145 Å². The number of hydrogen-bond acceptors (Lipinski definition) is 7. The van der Waals surface area contributed by atoms with Gasteiger partial charge >= 0.3 is 0 Å². The number of rotatable bonds is 7. The summed E-state index contributed by atoms with van der Waals surface area (Å²) in [4.78, 5) is 4.34. The van der Waals surface area contributed by atoms with E-state index in [-0.39, 0.29) is 6.61 Å². The van der Waals surface area contributed by atoms with E-state index in [4.69, 9.17) is 23.5 Å². The van der Waals surface area contributed by atoms with Crippen molar-refractivity contribution in [1.29, 1.82) is 0 Å². The largest absolute Gasteiger partial charge is 0.497 e. The molecule has 0 N–H and O–H groups in total. The van der Waals surface area contributed by atoms with E-state index in [1.165, 1.54) is 0 Å². The van der Waals surface area contributed by atoms with E-state index in [9.17, 15) is 0 Å². The third kappa shape index (κ3) is 3.82. The zero-order chi connectivity index (χ0) is 17.6. The standard InChI is InChI=1S/C18H18N2O5/c1-21-13-5-4-6-14(10-13)24-11-17-19-18(20-25-17)12-7-8-15(22-2)16(9-12)23-3/h4-10H,11H2,1-3H3. The second-order valence-corrected chi connectivity index (χ2v) is 5.05. The van der Waals surface area contributed by atoms with E-state index in [1.54, 1.807) is 39.5 Å². The van der Waals surface area contributed by atoms with Crippen LogP contribution in [0.15, 0.2) is 47.0 Å². The summed E-state index contributed by atoms with van der Waals surface area (Å²) in [6.07, 6.45) is 0. The first kappa shape index (κ1) is 16.6. The van der Waals surface area contributed by atoms with Gasteiger partial charge in [-0.3, -0.25) is 0 Å². The molecule has 25 heavy (non-hydrogen) atoms. The summed E-state index contributed by atoms with van der Waals surface area (Å²) in [6.45, 7) is 0.160. The van der Waals surface area contributed by atoms with Crippen molar-refractivity contribution in [3.05, 3.63) is 48.4 Å². The average molecular weight is 342 g/mol. The van der Waals surface area contributed by atoms with Gasteiger partial charge in [0.05, 0.1) is 21.3 Å². The van der Waals surface area contributed by atoms with Gasteiger partial charge in [-0.05, 0) is 30.3 Å². The highest BCUT2D eigenvalue weighted by molar-refractivity contribution is 5.60. The van der Waals surface area contributed by atoms with Crippen LogP contribution in [-0.2, 0) is 6.61 Å². The zero-order valence-electron chi connectivity index (χ0n) is 14.2. The van der Waals surface area contributed by atoms with Crippen LogP contribution in [0.5, 0.6) is 23.0 Å². The van der Waals surface area contributed by atoms with Crippen LogP contribution >= 0.6 is 0 Å². The lowest BCUT2D eigenvalue weighted by molar-refractivity contribution is 0.242. The number of methoxy groups -OCH3 is 3. The Morgan fingerprint density at radius 3 is 2.44 bits per heavy atom. The molecule has 7 nitrogen and oxygen atoms in total. The van der Waals surface area contributed by atoms with Gasteiger partial charge in [-0.25, -0.2) is 0 Å². The molecule has 0 radical (unpaired) electrons. The molecule has 0 saturated heterocycles. The molecule has 0 atom stereocenters. The molecular formula is C18H18N2O5. The smallest absolute Gasteiger partial charge is 0.264 e. The van der Waals surface area contributed by atoms with Gasteiger partial charge in [-0.15, -0.1) is 0 Å². The van der Waals surface area contributed by atoms with Crippen molar-refractivity contribution in [2.75, 3.05) is 21.3 Å². The Bertz CT molecular complexity index is 847. The summed E-state index contributed by atoms with van der Waals surface area (Å²) >= 11 is 0. The Kier molecular flexibility index (Phi) is 5.03. The number of hydrogen-bond donors (Lipinski definition) is 0. The minimum atomic E-state index is 0.160. The first-order valence-corrected chi connectivity index (χ1v) is 7.55. The van der Waals surface area contributed by atoms with E-state index >= 15 is 0 Å². The molecule has 0 aliphatic rings. The first-order chi connectivity index (χ1) is 12.2. The van der Waals surface area contributed by atoms with Crippen LogP contribution in [-0.4, -0.2) is 31.5 Å². The Morgan fingerprint density at radius 1 is 0.880 bits per heavy atom. The summed E-state index contributed by atoms with van der Waals surface area (Å²) < 4.78 is 26.5. The van der Waals surface area contributed by atoms with Gasteiger partial charge in [0, 0.05) is 11.6 Å². The molecule has 3 rings (SSSR count). The van der Waals surface area contributed by atoms with Gasteiger partial charge in [0.25, 0.3) is 5.89 Å². The molecular weight excluding hydrogens is 324 g/mol. The van der Waals surface area contributed by atoms with Crippen LogP contribution < -0.4 is 18.9 Å². The van der Waals surface area contributed by atoms with E-state index in [0.29, 0.717) is 34.7 Å². The molecule has 2 aromatic carbocycles. The van der Waals surface area contributed by atoms with Crippen molar-refractivity contribution >= 4 is 0 Å². The van der Waals surface area contributed by atoms with Crippen molar-refractivity contribution in [3.8, 4) is 34.4 Å². The van der Waals surface area contributed by atoms with E-state index in [0.717, 1.165) is 5.56 Å². The second kappa shape index (κ2) is 7.57. The molecule has 3 aromatic rings. The fraction of sp³-hybridized carbons (Fsp3) is 0.222. The van der Waals surface area contributed by atoms with Crippen LogP contribution in [0.25, 0.3) is 11.4 Å². The number of ether oxygens (including phenoxy) is 4. The molecule has 0 saturated carbocycles. The molecule has 0 amide bonds. The molecule has 130 valence electrons. The molecule has 0 bridgehead atoms. The van der Waals surface area contributed by atoms with Gasteiger partial charge in [-0.2, -0.15) is 4.98 Å². The highest BCUT2D eigenvalue weighted by Crippen LogP contribution is 2.31. The minimum Gasteiger partial charge on any atom is -0.497 e. The van der Waals surface area contributed by atoms with Crippen LogP contribution in [0, 0.1) is 0 Å². The van der Waals surface area contributed by atoms with Crippen LogP contribution in [0.4, 0.5) is 0 Å². The molecule has 0 unspecified atom stereocenters. The topological polar surface area (TPSA) is 75.8 Å². The SMILES string of the molecule is COc1cccc(OCc2nc(-c3ccc(OC)c(OC)c3)no2)c1. The maximum absolute atomic E-state index is 5.64. The summed E-state index contributed by atoms with van der Waals surface area (Å²) in [6, 6.07) is 12.7. The van der Waals surface area contributed by atoms with Crippen molar-refractivity contribution in [2.24, 2.45) is 0 Å². The monoisotopic (exact) mass is 342 g/mol. The molecule has 0 aliphatic carbocycles. The van der Waals surface area contributed by atoms with Crippen molar-refractivity contribution in [2.45, 2.75) is 6.61 Å². The third-order valence-corrected chi connectivity index (χ3v) is 3.51. The lowest BCUT2D eigenvalue weighted by Crippen LogP contribution is -1.96. The Hall–Kier alpha value is -3.22. The first-order valence-electron chi connectivity index (χ1n) is 7.55. The lowest BCUT2D eigenvalue weighted by Gasteiger charge is -2.07. The van der Waals surface area contributed by atoms with E-state index in [1.807, 2.05) is 24.3 Å². The zero-order valence-corrected chi connectivity index (χ0v) is 14.2. The number of benzene rings is 2. The quantitative estimate of drug-likeness (QED) is 0.652. The third-order valence-electron chi connectivity index (χ3n) is 3.51. The maximum Gasteiger partial charge on any atom is 0.264 e. The minimum absolute atomic E-state index is 0.160. The normalized spacial score (nSPS) is 10.4. The lowest BCUT2D eigenvalue weighted by atomic mass is 10.2. The fourth-order valence-corrected chi connectivity index (χ4v) is 2.24. The Morgan fingerprint density at radius 2 is 1.68 bits per heavy atom. The van der Waals surface area contributed by atoms with E-state index < -0.39 is 0 Å². The highest BCUT2D eigenvalue weighted by Gasteiger charge is 2.12. The van der Waals surface area contributed by atoms with E-state index in [2.05, 4.69) is 10.1 Å². The summed E-state index contributed by atoms with van der Waals surface area (Å²) in [5.74, 6) is 3.42. The van der Waals surface area contributed by atoms with Crippen molar-refractivity contribution in [3.63, 3.8) is 0 Å². The second-order valence-electron chi connectivity index (χ2n) is 5.05. The van der Waals surface area contributed by atoms with Crippen LogP contribution in [0.1, 0.15) is 5.89 Å². The highest BCUT2D eigenvalue weighted by atomic mass is 16.5. The maximum atomic E-state index is 5.64. The summed E-state index contributed by atoms with van der Waals surface area (Å²) in [5.41, 5.74) is 0.758. The molecule has 7 heteroatoms. The summed E-state index contributed by atoms with van der Waals surface area (Å²) in [5, 5.41) is 3.98. The van der Waals surface area contributed by atoms with Crippen LogP contribution in [0.2, 0.25) is 0 Å². The summed E-state index contributed by atoms with van der Waals surface area (Å²) in [7, 11) is 4.76. The molecule has 1 heterocycles. The van der Waals surface area contributed by atoms with Gasteiger partial charge < -0.3 is 23.5 Å². The molecule has 1 aromatic heterocycles. The average Bonchev–Trinajstić information content (AvgIpc) is 3.15. The predicted molar refractivity (Wildman–Crippen MR) is 90.2 cm³/mol. The van der Waals surface area contributed by atoms with Crippen molar-refractivity contribution < 1.29 is 23.5 Å². The molecule has 0 aliphatic heterocycles. The molecule has 0 spiro atoms. The van der Waals surface area contributed by atoms with Crippen molar-refractivity contribution in [1.82, 2.24) is 10.1 Å². The fourth-order valence-electron chi connectivity index (χ4n) is 2.24. The Balaban J connectivity index is 1.72. The predicted octanol–water partition coefficient (Wildman–Crippen LogP) is 3.34. The van der Waals surface area contributed by atoms with Gasteiger partial charge in [0.15, 0.2) is 18.1 Å². The van der Waals surface area contributed by atoms with Crippen LogP contribution in [0.3, 0.4) is 0 Å². The molecule has 0 fully saturated rings. The van der Waals surface area contributed by atoms with Gasteiger partial charge in [0.2, 0.25) is 5.82 Å². The number of nitrogens with zero attached hydrogens (tertiary/aromatic N) is 2.